The maximum absolute atomic E-state index is 4.78. The summed E-state index contributed by atoms with van der Waals surface area (Å²) in [5.41, 5.74) is 0. The average molecular weight is 434 g/mol. The number of hydrogen-bond donors (Lipinski definition) is 1. The second-order valence-electron chi connectivity index (χ2n) is 6.56. The predicted molar refractivity (Wildman–Crippen MR) is 111 cm³/mol. The van der Waals surface area contributed by atoms with Crippen molar-refractivity contribution in [3.05, 3.63) is 12.2 Å². The van der Waals surface area contributed by atoms with Crippen molar-refractivity contribution in [1.82, 2.24) is 15.1 Å². The molecule has 1 N–H and O–H groups in total. The summed E-state index contributed by atoms with van der Waals surface area (Å²) in [5.74, 6) is 1.94. The lowest BCUT2D eigenvalue weighted by Gasteiger charge is -2.29. The molecule has 1 atom stereocenters. The van der Waals surface area contributed by atoms with Crippen LogP contribution in [0.2, 0.25) is 0 Å². The monoisotopic (exact) mass is 434 g/mol. The van der Waals surface area contributed by atoms with Crippen LogP contribution in [0.3, 0.4) is 0 Å². The van der Waals surface area contributed by atoms with Crippen LogP contribution in [0, 0.1) is 5.92 Å². The van der Waals surface area contributed by atoms with Crippen molar-refractivity contribution in [2.45, 2.75) is 46.0 Å². The molecule has 0 aromatic rings. The molecule has 2 fully saturated rings. The van der Waals surface area contributed by atoms with Crippen LogP contribution in [-0.4, -0.2) is 61.6 Å². The van der Waals surface area contributed by atoms with Crippen molar-refractivity contribution in [3.8, 4) is 0 Å². The minimum absolute atomic E-state index is 0. The second-order valence-corrected chi connectivity index (χ2v) is 6.56. The molecule has 0 aromatic heterocycles. The Labute approximate surface area is 159 Å². The summed E-state index contributed by atoms with van der Waals surface area (Å²) in [5, 5.41) is 3.46. The molecule has 2 aliphatic rings. The Morgan fingerprint density at radius 3 is 2.70 bits per heavy atom. The van der Waals surface area contributed by atoms with E-state index in [1.807, 2.05) is 0 Å². The summed E-state index contributed by atoms with van der Waals surface area (Å²) in [6, 6.07) is 0. The van der Waals surface area contributed by atoms with E-state index in [0.717, 1.165) is 37.9 Å². The normalized spacial score (nSPS) is 23.3. The smallest absolute Gasteiger partial charge is 0.193 e. The van der Waals surface area contributed by atoms with Crippen LogP contribution in [0.4, 0.5) is 0 Å². The Hall–Kier alpha value is -0.300. The van der Waals surface area contributed by atoms with Crippen molar-refractivity contribution < 1.29 is 0 Å². The first kappa shape index (κ1) is 20.7. The molecule has 134 valence electrons. The van der Waals surface area contributed by atoms with Crippen molar-refractivity contribution >= 4 is 29.9 Å². The highest BCUT2D eigenvalue weighted by molar-refractivity contribution is 14.0. The van der Waals surface area contributed by atoms with Crippen LogP contribution in [0.5, 0.6) is 0 Å². The first-order valence-electron chi connectivity index (χ1n) is 9.20. The highest BCUT2D eigenvalue weighted by Gasteiger charge is 2.26. The molecule has 23 heavy (non-hydrogen) atoms. The van der Waals surface area contributed by atoms with Crippen LogP contribution < -0.4 is 5.32 Å². The summed E-state index contributed by atoms with van der Waals surface area (Å²) in [7, 11) is 0. The molecule has 0 aliphatic carbocycles. The van der Waals surface area contributed by atoms with Crippen LogP contribution in [0.1, 0.15) is 46.0 Å². The maximum Gasteiger partial charge on any atom is 0.193 e. The Bertz CT molecular complexity index is 364. The molecular formula is C18H35IN4. The van der Waals surface area contributed by atoms with E-state index in [4.69, 9.17) is 4.99 Å². The van der Waals surface area contributed by atoms with Gasteiger partial charge in [0.1, 0.15) is 0 Å². The number of allylic oxidation sites excluding steroid dienone is 1. The summed E-state index contributed by atoms with van der Waals surface area (Å²) >= 11 is 0. The van der Waals surface area contributed by atoms with E-state index < -0.39 is 0 Å². The quantitative estimate of drug-likeness (QED) is 0.229. The molecule has 4 nitrogen and oxygen atoms in total. The lowest BCUT2D eigenvalue weighted by atomic mass is 10.1. The first-order valence-corrected chi connectivity index (χ1v) is 9.20. The largest absolute Gasteiger partial charge is 0.357 e. The van der Waals surface area contributed by atoms with Gasteiger partial charge in [-0.05, 0) is 58.5 Å². The minimum Gasteiger partial charge on any atom is -0.357 e. The summed E-state index contributed by atoms with van der Waals surface area (Å²) in [6.45, 7) is 12.3. The molecule has 2 saturated heterocycles. The number of guanidine groups is 1. The summed E-state index contributed by atoms with van der Waals surface area (Å²) in [6.07, 6.45) is 10.9. The Balaban J connectivity index is 0.00000264. The molecule has 1 unspecified atom stereocenters. The number of halogens is 1. The van der Waals surface area contributed by atoms with Crippen LogP contribution in [0.15, 0.2) is 17.1 Å². The molecule has 0 bridgehead atoms. The molecule has 5 heteroatoms. The van der Waals surface area contributed by atoms with Gasteiger partial charge >= 0.3 is 0 Å². The molecule has 0 aromatic carbocycles. The SMILES string of the molecule is CC=CCCN=C(NCC)N1CCC(CN2CCCCC2)C1.I. The molecule has 0 spiro atoms. The standard InChI is InChI=1S/C18H34N4.HI/c1-3-5-7-11-20-18(19-4-2)22-14-10-17(16-22)15-21-12-8-6-9-13-21;/h3,5,17H,4,6-16H2,1-2H3,(H,19,20);1H. The van der Waals surface area contributed by atoms with E-state index in [-0.39, 0.29) is 24.0 Å². The third kappa shape index (κ3) is 7.42. The zero-order valence-corrected chi connectivity index (χ0v) is 17.3. The van der Waals surface area contributed by atoms with Gasteiger partial charge in [-0.3, -0.25) is 4.99 Å². The van der Waals surface area contributed by atoms with Crippen LogP contribution >= 0.6 is 24.0 Å². The van der Waals surface area contributed by atoms with Gasteiger partial charge in [0.25, 0.3) is 0 Å². The van der Waals surface area contributed by atoms with Gasteiger partial charge < -0.3 is 15.1 Å². The lowest BCUT2D eigenvalue weighted by molar-refractivity contribution is 0.198. The number of likely N-dealkylation sites (tertiary alicyclic amines) is 2. The Kier molecular flexibility index (Phi) is 10.9. The van der Waals surface area contributed by atoms with E-state index in [1.165, 1.54) is 51.9 Å². The van der Waals surface area contributed by atoms with Gasteiger partial charge in [0.15, 0.2) is 5.96 Å². The molecule has 2 aliphatic heterocycles. The fourth-order valence-electron chi connectivity index (χ4n) is 3.52. The van der Waals surface area contributed by atoms with Gasteiger partial charge in [-0.1, -0.05) is 18.6 Å². The highest BCUT2D eigenvalue weighted by atomic mass is 127. The number of piperidine rings is 1. The highest BCUT2D eigenvalue weighted by Crippen LogP contribution is 2.19. The number of nitrogens with zero attached hydrogens (tertiary/aromatic N) is 3. The van der Waals surface area contributed by atoms with Gasteiger partial charge in [0.05, 0.1) is 0 Å². The zero-order chi connectivity index (χ0) is 15.6. The molecule has 0 saturated carbocycles. The Morgan fingerprint density at radius 1 is 1.22 bits per heavy atom. The fraction of sp³-hybridized carbons (Fsp3) is 0.833. The topological polar surface area (TPSA) is 30.9 Å². The number of rotatable bonds is 6. The first-order chi connectivity index (χ1) is 10.8. The Morgan fingerprint density at radius 2 is 2.00 bits per heavy atom. The van der Waals surface area contributed by atoms with E-state index in [2.05, 4.69) is 41.1 Å². The van der Waals surface area contributed by atoms with E-state index in [0.29, 0.717) is 0 Å². The van der Waals surface area contributed by atoms with Crippen molar-refractivity contribution in [2.24, 2.45) is 10.9 Å². The summed E-state index contributed by atoms with van der Waals surface area (Å²) < 4.78 is 0. The lowest BCUT2D eigenvalue weighted by Crippen LogP contribution is -2.41. The molecule has 0 amide bonds. The number of nitrogens with one attached hydrogen (secondary N) is 1. The molecular weight excluding hydrogens is 399 g/mol. The minimum atomic E-state index is 0. The molecule has 2 rings (SSSR count). The second kappa shape index (κ2) is 12.1. The van der Waals surface area contributed by atoms with Crippen LogP contribution in [-0.2, 0) is 0 Å². The predicted octanol–water partition coefficient (Wildman–Crippen LogP) is 3.34. The maximum atomic E-state index is 4.78. The number of aliphatic imine (C=N–C) groups is 1. The van der Waals surface area contributed by atoms with E-state index in [1.54, 1.807) is 0 Å². The van der Waals surface area contributed by atoms with Crippen LogP contribution in [0.25, 0.3) is 0 Å². The number of hydrogen-bond acceptors (Lipinski definition) is 2. The zero-order valence-electron chi connectivity index (χ0n) is 15.0. The molecule has 0 radical (unpaired) electrons. The fourth-order valence-corrected chi connectivity index (χ4v) is 3.52. The van der Waals surface area contributed by atoms with Crippen molar-refractivity contribution in [3.63, 3.8) is 0 Å². The van der Waals surface area contributed by atoms with E-state index >= 15 is 0 Å². The van der Waals surface area contributed by atoms with Gasteiger partial charge in [-0.15, -0.1) is 24.0 Å². The van der Waals surface area contributed by atoms with E-state index in [9.17, 15) is 0 Å². The average Bonchev–Trinajstić information content (AvgIpc) is 3.00. The summed E-state index contributed by atoms with van der Waals surface area (Å²) in [4.78, 5) is 9.92. The van der Waals surface area contributed by atoms with Gasteiger partial charge in [-0.2, -0.15) is 0 Å². The van der Waals surface area contributed by atoms with Gasteiger partial charge in [0.2, 0.25) is 0 Å². The third-order valence-corrected chi connectivity index (χ3v) is 4.68. The van der Waals surface area contributed by atoms with Gasteiger partial charge in [0, 0.05) is 32.7 Å². The van der Waals surface area contributed by atoms with Crippen molar-refractivity contribution in [1.29, 1.82) is 0 Å². The van der Waals surface area contributed by atoms with Crippen molar-refractivity contribution in [2.75, 3.05) is 45.8 Å². The third-order valence-electron chi connectivity index (χ3n) is 4.68. The molecule has 2 heterocycles. The van der Waals surface area contributed by atoms with Gasteiger partial charge in [-0.25, -0.2) is 0 Å².